The molecule has 1 aromatic heterocycles. The minimum Gasteiger partial charge on any atom is -0.349 e. The molecule has 0 aliphatic carbocycles. The number of carbonyl (C=O) groups is 2. The Morgan fingerprint density at radius 2 is 2.08 bits per heavy atom. The number of carbonyl (C=O) groups excluding carboxylic acids is 2. The van der Waals surface area contributed by atoms with Crippen molar-refractivity contribution in [3.8, 4) is 0 Å². The topological polar surface area (TPSA) is 84.3 Å². The number of hydrogen-bond donors (Lipinski definition) is 1. The van der Waals surface area contributed by atoms with E-state index in [1.807, 2.05) is 4.90 Å². The first-order valence-corrected chi connectivity index (χ1v) is 8.09. The summed E-state index contributed by atoms with van der Waals surface area (Å²) in [5.41, 5.74) is 0.266. The highest BCUT2D eigenvalue weighted by molar-refractivity contribution is 5.92. The summed E-state index contributed by atoms with van der Waals surface area (Å²) in [7, 11) is 1.54. The summed E-state index contributed by atoms with van der Waals surface area (Å²) < 4.78 is 1.27. The van der Waals surface area contributed by atoms with Crippen molar-refractivity contribution in [2.24, 2.45) is 7.05 Å². The van der Waals surface area contributed by atoms with E-state index in [9.17, 15) is 14.4 Å². The summed E-state index contributed by atoms with van der Waals surface area (Å²) in [6.45, 7) is 1.88. The molecule has 0 atom stereocenters. The highest BCUT2D eigenvalue weighted by Gasteiger charge is 2.19. The van der Waals surface area contributed by atoms with Crippen LogP contribution in [-0.4, -0.2) is 45.9 Å². The molecule has 3 rings (SSSR count). The number of likely N-dealkylation sites (tertiary alicyclic amines) is 1. The molecule has 2 aromatic rings. The van der Waals surface area contributed by atoms with Crippen LogP contribution in [0, 0.1) is 0 Å². The zero-order chi connectivity index (χ0) is 17.1. The predicted octanol–water partition coefficient (Wildman–Crippen LogP) is 0.676. The normalized spacial score (nSPS) is 14.4. The van der Waals surface area contributed by atoms with Crippen LogP contribution in [0.15, 0.2) is 29.1 Å². The number of para-hydroxylation sites is 1. The highest BCUT2D eigenvalue weighted by atomic mass is 16.2. The van der Waals surface area contributed by atoms with Gasteiger partial charge in [0.15, 0.2) is 0 Å². The Hall–Kier alpha value is -2.70. The zero-order valence-corrected chi connectivity index (χ0v) is 13.6. The summed E-state index contributed by atoms with van der Waals surface area (Å²) in [5.74, 6) is -0.107. The second-order valence-electron chi connectivity index (χ2n) is 5.91. The second kappa shape index (κ2) is 6.82. The molecule has 0 spiro atoms. The molecule has 2 heterocycles. The first-order valence-electron chi connectivity index (χ1n) is 8.09. The second-order valence-corrected chi connectivity index (χ2v) is 5.91. The van der Waals surface area contributed by atoms with Crippen molar-refractivity contribution in [3.05, 3.63) is 40.4 Å². The SMILES string of the molecule is Cn1c(C(=O)NCCCN2CCCC2=O)nc2ccccc2c1=O. The van der Waals surface area contributed by atoms with E-state index in [2.05, 4.69) is 10.3 Å². The first kappa shape index (κ1) is 16.2. The van der Waals surface area contributed by atoms with Crippen LogP contribution >= 0.6 is 0 Å². The van der Waals surface area contributed by atoms with E-state index in [1.165, 1.54) is 4.57 Å². The average molecular weight is 328 g/mol. The molecule has 0 saturated carbocycles. The van der Waals surface area contributed by atoms with Gasteiger partial charge in [0.05, 0.1) is 10.9 Å². The highest BCUT2D eigenvalue weighted by Crippen LogP contribution is 2.09. The molecule has 1 aromatic carbocycles. The first-order chi connectivity index (χ1) is 11.6. The van der Waals surface area contributed by atoms with Gasteiger partial charge in [-0.15, -0.1) is 0 Å². The number of nitrogens with one attached hydrogen (secondary N) is 1. The van der Waals surface area contributed by atoms with Gasteiger partial charge in [-0.25, -0.2) is 4.98 Å². The van der Waals surface area contributed by atoms with Gasteiger partial charge in [-0.05, 0) is 25.0 Å². The van der Waals surface area contributed by atoms with Gasteiger partial charge in [-0.3, -0.25) is 19.0 Å². The molecule has 24 heavy (non-hydrogen) atoms. The van der Waals surface area contributed by atoms with E-state index < -0.39 is 0 Å². The van der Waals surface area contributed by atoms with Gasteiger partial charge in [0.25, 0.3) is 11.5 Å². The standard InChI is InChI=1S/C17H20N4O3/c1-20-15(19-13-7-3-2-6-12(13)17(20)24)16(23)18-9-5-11-21-10-4-8-14(21)22/h2-3,6-7H,4-5,8-11H2,1H3,(H,18,23). The quantitative estimate of drug-likeness (QED) is 0.818. The Balaban J connectivity index is 1.64. The number of benzene rings is 1. The lowest BCUT2D eigenvalue weighted by molar-refractivity contribution is -0.127. The monoisotopic (exact) mass is 328 g/mol. The van der Waals surface area contributed by atoms with Crippen molar-refractivity contribution >= 4 is 22.7 Å². The van der Waals surface area contributed by atoms with Gasteiger partial charge in [0.2, 0.25) is 11.7 Å². The average Bonchev–Trinajstić information content (AvgIpc) is 3.00. The maximum atomic E-state index is 12.3. The van der Waals surface area contributed by atoms with Crippen molar-refractivity contribution in [3.63, 3.8) is 0 Å². The Labute approximate surface area is 139 Å². The summed E-state index contributed by atoms with van der Waals surface area (Å²) in [5, 5.41) is 3.26. The van der Waals surface area contributed by atoms with Crippen molar-refractivity contribution in [1.82, 2.24) is 19.8 Å². The van der Waals surface area contributed by atoms with Gasteiger partial charge >= 0.3 is 0 Å². The Bertz CT molecular complexity index is 843. The molecule has 0 unspecified atom stereocenters. The van der Waals surface area contributed by atoms with Crippen LogP contribution in [0.1, 0.15) is 29.9 Å². The fourth-order valence-corrected chi connectivity index (χ4v) is 2.91. The zero-order valence-electron chi connectivity index (χ0n) is 13.6. The Morgan fingerprint density at radius 1 is 1.29 bits per heavy atom. The summed E-state index contributed by atoms with van der Waals surface area (Å²) in [6, 6.07) is 6.96. The van der Waals surface area contributed by atoms with E-state index in [1.54, 1.807) is 31.3 Å². The van der Waals surface area contributed by atoms with E-state index >= 15 is 0 Å². The van der Waals surface area contributed by atoms with Gasteiger partial charge in [-0.2, -0.15) is 0 Å². The fraction of sp³-hybridized carbons (Fsp3) is 0.412. The molecule has 1 N–H and O–H groups in total. The third-order valence-electron chi connectivity index (χ3n) is 4.25. The molecular formula is C17H20N4O3. The Kier molecular flexibility index (Phi) is 4.59. The number of hydrogen-bond acceptors (Lipinski definition) is 4. The minimum atomic E-state index is -0.381. The number of fused-ring (bicyclic) bond motifs is 1. The van der Waals surface area contributed by atoms with E-state index in [0.717, 1.165) is 13.0 Å². The van der Waals surface area contributed by atoms with Crippen LogP contribution < -0.4 is 10.9 Å². The number of nitrogens with zero attached hydrogens (tertiary/aromatic N) is 3. The predicted molar refractivity (Wildman–Crippen MR) is 89.7 cm³/mol. The lowest BCUT2D eigenvalue weighted by atomic mass is 10.2. The van der Waals surface area contributed by atoms with E-state index in [4.69, 9.17) is 0 Å². The summed E-state index contributed by atoms with van der Waals surface area (Å²) >= 11 is 0. The van der Waals surface area contributed by atoms with Crippen molar-refractivity contribution < 1.29 is 9.59 Å². The maximum absolute atomic E-state index is 12.3. The molecular weight excluding hydrogens is 308 g/mol. The number of rotatable bonds is 5. The van der Waals surface area contributed by atoms with Crippen molar-refractivity contribution in [2.75, 3.05) is 19.6 Å². The van der Waals surface area contributed by atoms with Crippen LogP contribution in [-0.2, 0) is 11.8 Å². The third-order valence-corrected chi connectivity index (χ3v) is 4.25. The molecule has 0 radical (unpaired) electrons. The third kappa shape index (κ3) is 3.15. The van der Waals surface area contributed by atoms with Crippen molar-refractivity contribution in [2.45, 2.75) is 19.3 Å². The molecule has 1 saturated heterocycles. The largest absolute Gasteiger partial charge is 0.349 e. The summed E-state index contributed by atoms with van der Waals surface area (Å²) in [4.78, 5) is 42.2. The van der Waals surface area contributed by atoms with Crippen LogP contribution in [0.3, 0.4) is 0 Å². The van der Waals surface area contributed by atoms with Crippen LogP contribution in [0.25, 0.3) is 10.9 Å². The molecule has 1 aliphatic heterocycles. The molecule has 7 nitrogen and oxygen atoms in total. The summed E-state index contributed by atoms with van der Waals surface area (Å²) in [6.07, 6.45) is 2.21. The Morgan fingerprint density at radius 3 is 2.83 bits per heavy atom. The lowest BCUT2D eigenvalue weighted by Gasteiger charge is -2.15. The molecule has 126 valence electrons. The van der Waals surface area contributed by atoms with Crippen LogP contribution in [0.2, 0.25) is 0 Å². The van der Waals surface area contributed by atoms with E-state index in [0.29, 0.717) is 36.8 Å². The number of aromatic nitrogens is 2. The molecule has 7 heteroatoms. The molecule has 2 amide bonds. The minimum absolute atomic E-state index is 0.0935. The van der Waals surface area contributed by atoms with Crippen LogP contribution in [0.4, 0.5) is 0 Å². The smallest absolute Gasteiger partial charge is 0.287 e. The van der Waals surface area contributed by atoms with Crippen molar-refractivity contribution in [1.29, 1.82) is 0 Å². The lowest BCUT2D eigenvalue weighted by Crippen LogP contribution is -2.34. The molecule has 1 fully saturated rings. The van der Waals surface area contributed by atoms with Gasteiger partial charge < -0.3 is 10.2 Å². The van der Waals surface area contributed by atoms with Gasteiger partial charge in [0, 0.05) is 33.1 Å². The van der Waals surface area contributed by atoms with E-state index in [-0.39, 0.29) is 23.2 Å². The van der Waals surface area contributed by atoms with Gasteiger partial charge in [-0.1, -0.05) is 12.1 Å². The fourth-order valence-electron chi connectivity index (χ4n) is 2.91. The van der Waals surface area contributed by atoms with Crippen LogP contribution in [0.5, 0.6) is 0 Å². The number of amides is 2. The molecule has 0 bridgehead atoms. The maximum Gasteiger partial charge on any atom is 0.287 e. The molecule has 1 aliphatic rings. The van der Waals surface area contributed by atoms with Gasteiger partial charge in [0.1, 0.15) is 0 Å².